The van der Waals surface area contributed by atoms with E-state index in [0.717, 1.165) is 22.7 Å². The van der Waals surface area contributed by atoms with Gasteiger partial charge in [0.25, 0.3) is 0 Å². The third-order valence-corrected chi connectivity index (χ3v) is 4.85. The maximum Gasteiger partial charge on any atom is 0.250 e. The van der Waals surface area contributed by atoms with Crippen LogP contribution >= 0.6 is 11.8 Å². The minimum atomic E-state index is -0.187. The highest BCUT2D eigenvalue weighted by Gasteiger charge is 2.15. The number of carbonyl (C=O) groups excluding carboxylic acids is 1. The van der Waals surface area contributed by atoms with Crippen molar-refractivity contribution < 1.29 is 9.53 Å². The molecule has 26 heavy (non-hydrogen) atoms. The van der Waals surface area contributed by atoms with Crippen LogP contribution in [0.2, 0.25) is 0 Å². The normalized spacial score (nSPS) is 13.1. The summed E-state index contributed by atoms with van der Waals surface area (Å²) in [5, 5.41) is 16.1. The third kappa shape index (κ3) is 4.37. The molecule has 2 aromatic rings. The van der Waals surface area contributed by atoms with Gasteiger partial charge in [-0.1, -0.05) is 18.2 Å². The molecule has 3 rings (SSSR count). The number of hydrazone groups is 1. The molecule has 7 heteroatoms. The van der Waals surface area contributed by atoms with Crippen molar-refractivity contribution in [2.75, 3.05) is 5.75 Å². The van der Waals surface area contributed by atoms with Crippen molar-refractivity contribution in [2.24, 2.45) is 10.1 Å². The van der Waals surface area contributed by atoms with E-state index in [0.29, 0.717) is 16.1 Å². The van der Waals surface area contributed by atoms with E-state index in [9.17, 15) is 10.0 Å². The second-order valence-corrected chi connectivity index (χ2v) is 6.81. The Morgan fingerprint density at radius 2 is 2.04 bits per heavy atom. The first-order valence-corrected chi connectivity index (χ1v) is 9.01. The summed E-state index contributed by atoms with van der Waals surface area (Å²) in [7, 11) is 0. The molecule has 0 spiro atoms. The number of hydrogen-bond donors (Lipinski definition) is 1. The largest absolute Gasteiger partial charge is 0.619 e. The van der Waals surface area contributed by atoms with E-state index < -0.39 is 0 Å². The molecule has 1 aliphatic heterocycles. The standard InChI is InChI=1S/C19H18N4O2S/c1-13(14-7-9-16(10-8-14)23(2)25)21-22-18(24)12-26-19-11-15-5-3-4-6-17(15)20-19/h3-10H,2,11-12H2,1H3,(H,22,24)/b21-13+. The van der Waals surface area contributed by atoms with Crippen molar-refractivity contribution in [3.8, 4) is 0 Å². The molecule has 2 aromatic carbocycles. The number of para-hydroxylation sites is 1. The number of fused-ring (bicyclic) bond motifs is 1. The summed E-state index contributed by atoms with van der Waals surface area (Å²) in [6, 6.07) is 14.8. The molecular formula is C19H18N4O2S. The molecule has 0 atom stereocenters. The van der Waals surface area contributed by atoms with Crippen LogP contribution in [0.5, 0.6) is 0 Å². The van der Waals surface area contributed by atoms with Crippen LogP contribution in [0.25, 0.3) is 0 Å². The van der Waals surface area contributed by atoms with E-state index in [1.165, 1.54) is 17.3 Å². The first-order chi connectivity index (χ1) is 12.5. The molecule has 0 bridgehead atoms. The average molecular weight is 366 g/mol. The monoisotopic (exact) mass is 366 g/mol. The summed E-state index contributed by atoms with van der Waals surface area (Å²) in [5.41, 5.74) is 6.65. The minimum absolute atomic E-state index is 0.187. The third-order valence-electron chi connectivity index (χ3n) is 3.87. The fourth-order valence-electron chi connectivity index (χ4n) is 2.45. The van der Waals surface area contributed by atoms with Crippen molar-refractivity contribution in [1.29, 1.82) is 0 Å². The smallest absolute Gasteiger partial charge is 0.250 e. The molecule has 0 aliphatic carbocycles. The van der Waals surface area contributed by atoms with Gasteiger partial charge in [0.15, 0.2) is 0 Å². The molecule has 0 saturated carbocycles. The summed E-state index contributed by atoms with van der Waals surface area (Å²) in [5.74, 6) is 0.0722. The molecular weight excluding hydrogens is 348 g/mol. The lowest BCUT2D eigenvalue weighted by molar-refractivity contribution is -0.349. The number of thioether (sulfide) groups is 1. The molecule has 1 aliphatic rings. The van der Waals surface area contributed by atoms with Crippen LogP contribution in [0.4, 0.5) is 11.4 Å². The zero-order valence-electron chi connectivity index (χ0n) is 14.3. The highest BCUT2D eigenvalue weighted by molar-refractivity contribution is 8.14. The van der Waals surface area contributed by atoms with Gasteiger partial charge in [-0.15, -0.1) is 11.8 Å². The zero-order valence-corrected chi connectivity index (χ0v) is 15.1. The van der Waals surface area contributed by atoms with Gasteiger partial charge >= 0.3 is 0 Å². The van der Waals surface area contributed by atoms with Crippen molar-refractivity contribution in [1.82, 2.24) is 5.43 Å². The molecule has 1 N–H and O–H groups in total. The van der Waals surface area contributed by atoms with Crippen LogP contribution in [-0.2, 0) is 11.2 Å². The first-order valence-electron chi connectivity index (χ1n) is 8.02. The van der Waals surface area contributed by atoms with Gasteiger partial charge in [-0.25, -0.2) is 10.4 Å². The zero-order chi connectivity index (χ0) is 18.5. The highest BCUT2D eigenvalue weighted by atomic mass is 32.2. The maximum absolute atomic E-state index is 12.0. The minimum Gasteiger partial charge on any atom is -0.619 e. The number of rotatable bonds is 5. The molecule has 1 heterocycles. The lowest BCUT2D eigenvalue weighted by Crippen LogP contribution is -2.22. The Morgan fingerprint density at radius 3 is 2.73 bits per heavy atom. The van der Waals surface area contributed by atoms with E-state index >= 15 is 0 Å². The SMILES string of the molecule is C=[N+]([O-])c1ccc(/C(C)=N/NC(=O)CSC2=Nc3ccccc3C2)cc1. The highest BCUT2D eigenvalue weighted by Crippen LogP contribution is 2.29. The molecule has 0 unspecified atom stereocenters. The van der Waals surface area contributed by atoms with Gasteiger partial charge in [0.05, 0.1) is 22.2 Å². The van der Waals surface area contributed by atoms with Gasteiger partial charge in [0.2, 0.25) is 11.6 Å². The number of hydrogen-bond acceptors (Lipinski definition) is 5. The topological polar surface area (TPSA) is 79.9 Å². The summed E-state index contributed by atoms with van der Waals surface area (Å²) in [6.45, 7) is 5.08. The molecule has 0 radical (unpaired) electrons. The van der Waals surface area contributed by atoms with Gasteiger partial charge < -0.3 is 5.21 Å². The van der Waals surface area contributed by atoms with Crippen LogP contribution in [-0.4, -0.2) is 33.9 Å². The van der Waals surface area contributed by atoms with Crippen LogP contribution in [0.3, 0.4) is 0 Å². The number of nitrogens with one attached hydrogen (secondary N) is 1. The van der Waals surface area contributed by atoms with E-state index in [-0.39, 0.29) is 11.7 Å². The summed E-state index contributed by atoms with van der Waals surface area (Å²) in [4.78, 5) is 16.5. The number of carbonyl (C=O) groups is 1. The average Bonchev–Trinajstić information content (AvgIpc) is 3.07. The Hall–Kier alpha value is -2.93. The quantitative estimate of drug-likeness (QED) is 0.381. The Bertz CT molecular complexity index is 904. The summed E-state index contributed by atoms with van der Waals surface area (Å²) in [6.07, 6.45) is 0.770. The van der Waals surface area contributed by atoms with Crippen LogP contribution < -0.4 is 5.43 Å². The fraction of sp³-hybridized carbons (Fsp3) is 0.158. The Balaban J connectivity index is 1.50. The predicted molar refractivity (Wildman–Crippen MR) is 107 cm³/mol. The van der Waals surface area contributed by atoms with Crippen molar-refractivity contribution in [3.63, 3.8) is 0 Å². The fourth-order valence-corrected chi connectivity index (χ4v) is 3.23. The van der Waals surface area contributed by atoms with Crippen molar-refractivity contribution in [3.05, 3.63) is 64.9 Å². The van der Waals surface area contributed by atoms with Crippen molar-refractivity contribution >= 4 is 46.5 Å². The number of nitrogens with zero attached hydrogens (tertiary/aromatic N) is 3. The van der Waals surface area contributed by atoms with Gasteiger partial charge in [-0.05, 0) is 36.2 Å². The van der Waals surface area contributed by atoms with E-state index in [4.69, 9.17) is 0 Å². The van der Waals surface area contributed by atoms with Crippen LogP contribution in [0, 0.1) is 5.21 Å². The van der Waals surface area contributed by atoms with Crippen molar-refractivity contribution in [2.45, 2.75) is 13.3 Å². The van der Waals surface area contributed by atoms with Crippen LogP contribution in [0.15, 0.2) is 58.6 Å². The Morgan fingerprint density at radius 1 is 1.31 bits per heavy atom. The van der Waals surface area contributed by atoms with E-state index in [1.54, 1.807) is 31.2 Å². The lowest BCUT2D eigenvalue weighted by Gasteiger charge is -2.04. The first kappa shape index (κ1) is 17.9. The number of benzene rings is 2. The molecule has 0 saturated heterocycles. The molecule has 1 amide bonds. The van der Waals surface area contributed by atoms with Crippen LogP contribution in [0.1, 0.15) is 18.1 Å². The Labute approximate surface area is 155 Å². The van der Waals surface area contributed by atoms with Gasteiger partial charge in [0.1, 0.15) is 6.72 Å². The lowest BCUT2D eigenvalue weighted by atomic mass is 10.1. The Kier molecular flexibility index (Phi) is 5.48. The molecule has 6 nitrogen and oxygen atoms in total. The van der Waals surface area contributed by atoms with Gasteiger partial charge in [-0.2, -0.15) is 9.84 Å². The van der Waals surface area contributed by atoms with Gasteiger partial charge in [-0.3, -0.25) is 4.79 Å². The van der Waals surface area contributed by atoms with E-state index in [1.807, 2.05) is 24.3 Å². The molecule has 132 valence electrons. The van der Waals surface area contributed by atoms with Gasteiger partial charge in [0, 0.05) is 18.6 Å². The predicted octanol–water partition coefficient (Wildman–Crippen LogP) is 3.39. The number of amides is 1. The second-order valence-electron chi connectivity index (χ2n) is 5.76. The molecule has 0 aromatic heterocycles. The molecule has 0 fully saturated rings. The summed E-state index contributed by atoms with van der Waals surface area (Å²) >= 11 is 1.42. The summed E-state index contributed by atoms with van der Waals surface area (Å²) < 4.78 is 0.541. The number of aliphatic imine (C=N–C) groups is 1. The maximum atomic E-state index is 12.0. The second kappa shape index (κ2) is 7.97. The van der Waals surface area contributed by atoms with E-state index in [2.05, 4.69) is 22.2 Å².